The van der Waals surface area contributed by atoms with E-state index in [-0.39, 0.29) is 24.4 Å². The number of amides is 1. The molecule has 0 aliphatic heterocycles. The van der Waals surface area contributed by atoms with Gasteiger partial charge in [-0.05, 0) is 12.1 Å². The second-order valence-electron chi connectivity index (χ2n) is 3.83. The zero-order valence-electron chi connectivity index (χ0n) is 9.81. The normalized spacial score (nSPS) is 11.4. The van der Waals surface area contributed by atoms with Gasteiger partial charge in [-0.15, -0.1) is 0 Å². The largest absolute Gasteiger partial charge is 0.508 e. The van der Waals surface area contributed by atoms with Gasteiger partial charge in [0, 0.05) is 19.2 Å². The number of rotatable bonds is 4. The fraction of sp³-hybridized carbons (Fsp3) is 0.364. The molecule has 0 heterocycles. The molecule has 0 saturated heterocycles. The molecular weight excluding hydrogens is 265 g/mol. The van der Waals surface area contributed by atoms with Gasteiger partial charge in [-0.25, -0.2) is 0 Å². The number of carbonyl (C=O) groups excluding carboxylic acids is 1. The number of alkyl halides is 3. The SMILES string of the molecule is NCCN(CC(F)(F)F)C(=O)c1ccc(O)cc1O. The van der Waals surface area contributed by atoms with Gasteiger partial charge in [-0.2, -0.15) is 13.2 Å². The first-order valence-electron chi connectivity index (χ1n) is 5.32. The van der Waals surface area contributed by atoms with Crippen LogP contribution in [0.5, 0.6) is 11.5 Å². The van der Waals surface area contributed by atoms with Crippen LogP contribution in [-0.2, 0) is 0 Å². The van der Waals surface area contributed by atoms with Gasteiger partial charge in [0.2, 0.25) is 0 Å². The molecule has 1 amide bonds. The number of halogens is 3. The molecule has 1 aromatic rings. The molecule has 0 aromatic heterocycles. The number of hydrogen-bond acceptors (Lipinski definition) is 4. The quantitative estimate of drug-likeness (QED) is 0.768. The van der Waals surface area contributed by atoms with Crippen LogP contribution in [0, 0.1) is 0 Å². The third kappa shape index (κ3) is 4.32. The van der Waals surface area contributed by atoms with Crippen LogP contribution in [-0.4, -0.2) is 46.8 Å². The highest BCUT2D eigenvalue weighted by Crippen LogP contribution is 2.25. The van der Waals surface area contributed by atoms with E-state index in [9.17, 15) is 23.1 Å². The summed E-state index contributed by atoms with van der Waals surface area (Å²) in [5.41, 5.74) is 4.84. The maximum absolute atomic E-state index is 12.3. The van der Waals surface area contributed by atoms with E-state index in [2.05, 4.69) is 0 Å². The summed E-state index contributed by atoms with van der Waals surface area (Å²) >= 11 is 0. The van der Waals surface area contributed by atoms with Crippen molar-refractivity contribution in [3.05, 3.63) is 23.8 Å². The zero-order chi connectivity index (χ0) is 14.6. The predicted octanol–water partition coefficient (Wildman–Crippen LogP) is 1.06. The van der Waals surface area contributed by atoms with Gasteiger partial charge in [0.15, 0.2) is 0 Å². The fourth-order valence-corrected chi connectivity index (χ4v) is 1.50. The Morgan fingerprint density at radius 3 is 2.42 bits per heavy atom. The van der Waals surface area contributed by atoms with Gasteiger partial charge in [-0.3, -0.25) is 4.79 Å². The third-order valence-corrected chi connectivity index (χ3v) is 2.27. The van der Waals surface area contributed by atoms with Crippen LogP contribution in [0.2, 0.25) is 0 Å². The van der Waals surface area contributed by atoms with E-state index >= 15 is 0 Å². The van der Waals surface area contributed by atoms with E-state index in [1.54, 1.807) is 0 Å². The minimum absolute atomic E-state index is 0.138. The van der Waals surface area contributed by atoms with Crippen molar-refractivity contribution in [2.24, 2.45) is 5.73 Å². The monoisotopic (exact) mass is 278 g/mol. The van der Waals surface area contributed by atoms with Crippen LogP contribution in [0.1, 0.15) is 10.4 Å². The summed E-state index contributed by atoms with van der Waals surface area (Å²) in [5.74, 6) is -1.88. The molecule has 0 aliphatic carbocycles. The van der Waals surface area contributed by atoms with Crippen molar-refractivity contribution in [2.75, 3.05) is 19.6 Å². The van der Waals surface area contributed by atoms with Gasteiger partial charge in [0.25, 0.3) is 5.91 Å². The molecule has 0 fully saturated rings. The van der Waals surface area contributed by atoms with E-state index in [1.807, 2.05) is 0 Å². The summed E-state index contributed by atoms with van der Waals surface area (Å²) in [4.78, 5) is 12.4. The molecule has 0 bridgehead atoms. The number of nitrogens with two attached hydrogens (primary N) is 1. The molecule has 106 valence electrons. The Morgan fingerprint density at radius 1 is 1.32 bits per heavy atom. The van der Waals surface area contributed by atoms with Crippen molar-refractivity contribution in [1.29, 1.82) is 0 Å². The van der Waals surface area contributed by atoms with Crippen molar-refractivity contribution in [2.45, 2.75) is 6.18 Å². The van der Waals surface area contributed by atoms with Crippen LogP contribution in [0.4, 0.5) is 13.2 Å². The Hall–Kier alpha value is -1.96. The maximum atomic E-state index is 12.3. The summed E-state index contributed by atoms with van der Waals surface area (Å²) < 4.78 is 37.0. The number of carbonyl (C=O) groups is 1. The van der Waals surface area contributed by atoms with Crippen LogP contribution in [0.15, 0.2) is 18.2 Å². The Balaban J connectivity index is 2.99. The number of benzene rings is 1. The molecule has 0 radical (unpaired) electrons. The second-order valence-corrected chi connectivity index (χ2v) is 3.83. The Bertz CT molecular complexity index is 463. The standard InChI is InChI=1S/C11H13F3N2O3/c12-11(13,14)6-16(4-3-15)10(19)8-2-1-7(17)5-9(8)18/h1-2,5,17-18H,3-4,6,15H2. The van der Waals surface area contributed by atoms with E-state index < -0.39 is 24.4 Å². The average molecular weight is 278 g/mol. The highest BCUT2D eigenvalue weighted by Gasteiger charge is 2.33. The fourth-order valence-electron chi connectivity index (χ4n) is 1.50. The van der Waals surface area contributed by atoms with Gasteiger partial charge in [-0.1, -0.05) is 0 Å². The lowest BCUT2D eigenvalue weighted by Gasteiger charge is -2.23. The topological polar surface area (TPSA) is 86.8 Å². The average Bonchev–Trinajstić information content (AvgIpc) is 2.26. The number of phenols is 2. The van der Waals surface area contributed by atoms with Crippen molar-refractivity contribution >= 4 is 5.91 Å². The van der Waals surface area contributed by atoms with Crippen LogP contribution < -0.4 is 5.73 Å². The Kier molecular flexibility index (Phi) is 4.60. The van der Waals surface area contributed by atoms with Crippen molar-refractivity contribution < 1.29 is 28.2 Å². The minimum Gasteiger partial charge on any atom is -0.508 e. The van der Waals surface area contributed by atoms with E-state index in [0.717, 1.165) is 18.2 Å². The molecule has 1 rings (SSSR count). The first kappa shape index (κ1) is 15.1. The molecule has 8 heteroatoms. The molecule has 0 atom stereocenters. The molecule has 4 N–H and O–H groups in total. The van der Waals surface area contributed by atoms with E-state index in [0.29, 0.717) is 4.90 Å². The molecule has 0 aliphatic rings. The molecule has 1 aromatic carbocycles. The smallest absolute Gasteiger partial charge is 0.406 e. The number of aromatic hydroxyl groups is 2. The van der Waals surface area contributed by atoms with Crippen LogP contribution in [0.25, 0.3) is 0 Å². The molecule has 0 unspecified atom stereocenters. The lowest BCUT2D eigenvalue weighted by molar-refractivity contribution is -0.140. The lowest BCUT2D eigenvalue weighted by Crippen LogP contribution is -2.41. The van der Waals surface area contributed by atoms with Gasteiger partial charge < -0.3 is 20.8 Å². The van der Waals surface area contributed by atoms with Crippen LogP contribution >= 0.6 is 0 Å². The van der Waals surface area contributed by atoms with Crippen molar-refractivity contribution in [3.8, 4) is 11.5 Å². The van der Waals surface area contributed by atoms with E-state index in [1.165, 1.54) is 0 Å². The number of nitrogens with zero attached hydrogens (tertiary/aromatic N) is 1. The second kappa shape index (κ2) is 5.79. The highest BCUT2D eigenvalue weighted by atomic mass is 19.4. The van der Waals surface area contributed by atoms with E-state index in [4.69, 9.17) is 10.8 Å². The van der Waals surface area contributed by atoms with Crippen molar-refractivity contribution in [1.82, 2.24) is 4.90 Å². The summed E-state index contributed by atoms with van der Waals surface area (Å²) in [6, 6.07) is 3.02. The first-order chi connectivity index (χ1) is 8.74. The minimum atomic E-state index is -4.56. The van der Waals surface area contributed by atoms with Gasteiger partial charge >= 0.3 is 6.18 Å². The molecule has 0 saturated carbocycles. The zero-order valence-corrected chi connectivity index (χ0v) is 9.81. The molecular formula is C11H13F3N2O3. The lowest BCUT2D eigenvalue weighted by atomic mass is 10.1. The molecule has 0 spiro atoms. The third-order valence-electron chi connectivity index (χ3n) is 2.27. The number of phenolic OH excluding ortho intramolecular Hbond substituents is 2. The summed E-state index contributed by atoms with van der Waals surface area (Å²) in [7, 11) is 0. The van der Waals surface area contributed by atoms with Gasteiger partial charge in [0.05, 0.1) is 5.56 Å². The Morgan fingerprint density at radius 2 is 1.95 bits per heavy atom. The molecule has 5 nitrogen and oxygen atoms in total. The van der Waals surface area contributed by atoms with Gasteiger partial charge in [0.1, 0.15) is 18.0 Å². The number of hydrogen-bond donors (Lipinski definition) is 3. The maximum Gasteiger partial charge on any atom is 0.406 e. The Labute approximate surface area is 107 Å². The highest BCUT2D eigenvalue weighted by molar-refractivity contribution is 5.97. The first-order valence-corrected chi connectivity index (χ1v) is 5.32. The summed E-state index contributed by atoms with van der Waals surface area (Å²) in [6.45, 7) is -1.89. The predicted molar refractivity (Wildman–Crippen MR) is 60.8 cm³/mol. The summed E-state index contributed by atoms with van der Waals surface area (Å²) in [5, 5.41) is 18.5. The van der Waals surface area contributed by atoms with Crippen LogP contribution in [0.3, 0.4) is 0 Å². The van der Waals surface area contributed by atoms with Crippen molar-refractivity contribution in [3.63, 3.8) is 0 Å². The summed E-state index contributed by atoms with van der Waals surface area (Å²) in [6.07, 6.45) is -4.56. The molecule has 19 heavy (non-hydrogen) atoms.